The second-order valence-corrected chi connectivity index (χ2v) is 5.88. The number of nitrogens with one attached hydrogen (secondary N) is 1. The molecule has 1 saturated heterocycles. The molecule has 0 aromatic heterocycles. The van der Waals surface area contributed by atoms with Crippen LogP contribution >= 0.6 is 0 Å². The van der Waals surface area contributed by atoms with Crippen molar-refractivity contribution in [3.8, 4) is 0 Å². The molecule has 3 nitrogen and oxygen atoms in total. The molecule has 3 heteroatoms. The Balaban J connectivity index is 1.73. The number of likely N-dealkylation sites (tertiary alicyclic amines) is 1. The lowest BCUT2D eigenvalue weighted by Crippen LogP contribution is -2.43. The van der Waals surface area contributed by atoms with Crippen molar-refractivity contribution in [1.29, 1.82) is 0 Å². The van der Waals surface area contributed by atoms with Crippen LogP contribution < -0.4 is 5.32 Å². The SMILES string of the molecule is CCC(NCC(=O)N1CCCC1)C1CCCCC1. The van der Waals surface area contributed by atoms with Gasteiger partial charge in [-0.15, -0.1) is 0 Å². The highest BCUT2D eigenvalue weighted by Gasteiger charge is 2.24. The second kappa shape index (κ2) is 7.13. The summed E-state index contributed by atoms with van der Waals surface area (Å²) in [6.07, 6.45) is 10.4. The highest BCUT2D eigenvalue weighted by atomic mass is 16.2. The normalized spacial score (nSPS) is 23.3. The molecule has 1 atom stereocenters. The Morgan fingerprint density at radius 3 is 2.44 bits per heavy atom. The minimum atomic E-state index is 0.307. The zero-order valence-corrected chi connectivity index (χ0v) is 11.8. The van der Waals surface area contributed by atoms with Gasteiger partial charge < -0.3 is 10.2 Å². The van der Waals surface area contributed by atoms with Gasteiger partial charge in [-0.1, -0.05) is 26.2 Å². The molecule has 1 heterocycles. The molecule has 104 valence electrons. The van der Waals surface area contributed by atoms with Gasteiger partial charge >= 0.3 is 0 Å². The van der Waals surface area contributed by atoms with Crippen LogP contribution in [0.15, 0.2) is 0 Å². The van der Waals surface area contributed by atoms with Gasteiger partial charge in [-0.05, 0) is 38.0 Å². The van der Waals surface area contributed by atoms with Gasteiger partial charge in [0.05, 0.1) is 6.54 Å². The molecule has 1 aliphatic heterocycles. The Labute approximate surface area is 111 Å². The second-order valence-electron chi connectivity index (χ2n) is 5.88. The van der Waals surface area contributed by atoms with Gasteiger partial charge in [-0.2, -0.15) is 0 Å². The van der Waals surface area contributed by atoms with Gasteiger partial charge in [0.1, 0.15) is 0 Å². The number of carbonyl (C=O) groups excluding carboxylic acids is 1. The van der Waals surface area contributed by atoms with Gasteiger partial charge in [0.2, 0.25) is 5.91 Å². The maximum atomic E-state index is 12.0. The molecular weight excluding hydrogens is 224 g/mol. The monoisotopic (exact) mass is 252 g/mol. The summed E-state index contributed by atoms with van der Waals surface area (Å²) in [4.78, 5) is 14.0. The predicted molar refractivity (Wildman–Crippen MR) is 74.5 cm³/mol. The molecule has 2 fully saturated rings. The van der Waals surface area contributed by atoms with Crippen LogP contribution in [0.5, 0.6) is 0 Å². The lowest BCUT2D eigenvalue weighted by atomic mass is 9.83. The van der Waals surface area contributed by atoms with Crippen LogP contribution in [0.2, 0.25) is 0 Å². The van der Waals surface area contributed by atoms with E-state index in [0.29, 0.717) is 18.5 Å². The first-order valence-corrected chi connectivity index (χ1v) is 7.82. The summed E-state index contributed by atoms with van der Waals surface area (Å²) in [5, 5.41) is 3.52. The van der Waals surface area contributed by atoms with Gasteiger partial charge in [0, 0.05) is 19.1 Å². The average Bonchev–Trinajstić information content (AvgIpc) is 2.94. The fourth-order valence-electron chi connectivity index (χ4n) is 3.48. The Morgan fingerprint density at radius 2 is 1.83 bits per heavy atom. The molecule has 1 saturated carbocycles. The molecule has 1 unspecified atom stereocenters. The summed E-state index contributed by atoms with van der Waals surface area (Å²) < 4.78 is 0. The summed E-state index contributed by atoms with van der Waals surface area (Å²) in [6, 6.07) is 0.553. The first-order valence-electron chi connectivity index (χ1n) is 7.82. The summed E-state index contributed by atoms with van der Waals surface area (Å²) in [5.74, 6) is 1.11. The zero-order valence-electron chi connectivity index (χ0n) is 11.8. The maximum absolute atomic E-state index is 12.0. The van der Waals surface area contributed by atoms with E-state index in [2.05, 4.69) is 12.2 Å². The van der Waals surface area contributed by atoms with Gasteiger partial charge in [0.25, 0.3) is 0 Å². The van der Waals surface area contributed by atoms with Gasteiger partial charge in [-0.25, -0.2) is 0 Å². The fourth-order valence-corrected chi connectivity index (χ4v) is 3.48. The quantitative estimate of drug-likeness (QED) is 0.815. The number of hydrogen-bond acceptors (Lipinski definition) is 2. The van der Waals surface area contributed by atoms with E-state index in [4.69, 9.17) is 0 Å². The molecule has 0 spiro atoms. The smallest absolute Gasteiger partial charge is 0.236 e. The number of amides is 1. The van der Waals surface area contributed by atoms with E-state index in [9.17, 15) is 4.79 Å². The molecule has 0 radical (unpaired) electrons. The van der Waals surface area contributed by atoms with Crippen molar-refractivity contribution in [2.75, 3.05) is 19.6 Å². The summed E-state index contributed by atoms with van der Waals surface area (Å²) in [5.41, 5.74) is 0. The molecule has 1 amide bonds. The Bertz CT molecular complexity index is 255. The molecule has 1 N–H and O–H groups in total. The van der Waals surface area contributed by atoms with Crippen molar-refractivity contribution in [3.05, 3.63) is 0 Å². The summed E-state index contributed by atoms with van der Waals surface area (Å²) >= 11 is 0. The number of carbonyl (C=O) groups is 1. The highest BCUT2D eigenvalue weighted by Crippen LogP contribution is 2.27. The number of nitrogens with zero attached hydrogens (tertiary/aromatic N) is 1. The van der Waals surface area contributed by atoms with Crippen molar-refractivity contribution in [1.82, 2.24) is 10.2 Å². The third-order valence-electron chi connectivity index (χ3n) is 4.63. The van der Waals surface area contributed by atoms with E-state index < -0.39 is 0 Å². The molecular formula is C15H28N2O. The highest BCUT2D eigenvalue weighted by molar-refractivity contribution is 5.78. The number of hydrogen-bond donors (Lipinski definition) is 1. The van der Waals surface area contributed by atoms with Crippen molar-refractivity contribution < 1.29 is 4.79 Å². The van der Waals surface area contributed by atoms with Crippen LogP contribution in [0.1, 0.15) is 58.3 Å². The molecule has 18 heavy (non-hydrogen) atoms. The minimum absolute atomic E-state index is 0.307. The standard InChI is InChI=1S/C15H28N2O/c1-2-14(13-8-4-3-5-9-13)16-12-15(18)17-10-6-7-11-17/h13-14,16H,2-12H2,1H3. The Hall–Kier alpha value is -0.570. The lowest BCUT2D eigenvalue weighted by molar-refractivity contribution is -0.129. The first kappa shape index (κ1) is 13.9. The Morgan fingerprint density at radius 1 is 1.17 bits per heavy atom. The van der Waals surface area contributed by atoms with Gasteiger partial charge in [-0.3, -0.25) is 4.79 Å². The molecule has 0 bridgehead atoms. The molecule has 0 aromatic rings. The Kier molecular flexibility index (Phi) is 5.48. The minimum Gasteiger partial charge on any atom is -0.342 e. The third kappa shape index (κ3) is 3.71. The van der Waals surface area contributed by atoms with Crippen LogP contribution in [0.4, 0.5) is 0 Å². The molecule has 2 rings (SSSR count). The van der Waals surface area contributed by atoms with Crippen molar-refractivity contribution in [2.24, 2.45) is 5.92 Å². The van der Waals surface area contributed by atoms with Crippen LogP contribution in [-0.2, 0) is 4.79 Å². The van der Waals surface area contributed by atoms with Crippen molar-refractivity contribution in [3.63, 3.8) is 0 Å². The molecule has 1 aliphatic carbocycles. The van der Waals surface area contributed by atoms with E-state index >= 15 is 0 Å². The van der Waals surface area contributed by atoms with E-state index in [1.165, 1.54) is 44.9 Å². The van der Waals surface area contributed by atoms with E-state index in [1.807, 2.05) is 4.90 Å². The van der Waals surface area contributed by atoms with Gasteiger partial charge in [0.15, 0.2) is 0 Å². The van der Waals surface area contributed by atoms with Crippen molar-refractivity contribution in [2.45, 2.75) is 64.3 Å². The largest absolute Gasteiger partial charge is 0.342 e. The van der Waals surface area contributed by atoms with E-state index in [-0.39, 0.29) is 0 Å². The number of rotatable bonds is 5. The van der Waals surface area contributed by atoms with Crippen LogP contribution in [0.25, 0.3) is 0 Å². The maximum Gasteiger partial charge on any atom is 0.236 e. The molecule has 2 aliphatic rings. The first-order chi connectivity index (χ1) is 8.81. The molecule has 0 aromatic carbocycles. The summed E-state index contributed by atoms with van der Waals surface area (Å²) in [6.45, 7) is 4.74. The lowest BCUT2D eigenvalue weighted by Gasteiger charge is -2.30. The van der Waals surface area contributed by atoms with Crippen molar-refractivity contribution >= 4 is 5.91 Å². The topological polar surface area (TPSA) is 32.3 Å². The van der Waals surface area contributed by atoms with Crippen LogP contribution in [0, 0.1) is 5.92 Å². The van der Waals surface area contributed by atoms with Crippen LogP contribution in [-0.4, -0.2) is 36.5 Å². The summed E-state index contributed by atoms with van der Waals surface area (Å²) in [7, 11) is 0. The van der Waals surface area contributed by atoms with Crippen LogP contribution in [0.3, 0.4) is 0 Å². The fraction of sp³-hybridized carbons (Fsp3) is 0.933. The third-order valence-corrected chi connectivity index (χ3v) is 4.63. The zero-order chi connectivity index (χ0) is 12.8. The predicted octanol–water partition coefficient (Wildman–Crippen LogP) is 2.56. The van der Waals surface area contributed by atoms with E-state index in [1.54, 1.807) is 0 Å². The average molecular weight is 252 g/mol. The van der Waals surface area contributed by atoms with E-state index in [0.717, 1.165) is 25.4 Å².